The molecule has 10 aromatic rings. The molecule has 0 amide bonds. The summed E-state index contributed by atoms with van der Waals surface area (Å²) in [7, 11) is 0. The van der Waals surface area contributed by atoms with Crippen LogP contribution in [0, 0.1) is 0 Å². The van der Waals surface area contributed by atoms with Crippen LogP contribution in [0.5, 0.6) is 0 Å². The van der Waals surface area contributed by atoms with Crippen molar-refractivity contribution in [3.8, 4) is 33.4 Å². The van der Waals surface area contributed by atoms with Gasteiger partial charge in [0, 0.05) is 0 Å². The lowest BCUT2D eigenvalue weighted by Gasteiger charge is -2.19. The topological polar surface area (TPSA) is 0 Å². The molecule has 0 atom stereocenters. The summed E-state index contributed by atoms with van der Waals surface area (Å²) in [5, 5.41) is 15.5. The predicted octanol–water partition coefficient (Wildman–Crippen LogP) is 13.0. The molecule has 0 heteroatoms. The van der Waals surface area contributed by atoms with E-state index >= 15 is 0 Å². The van der Waals surface area contributed by atoms with Crippen molar-refractivity contribution in [1.29, 1.82) is 0 Å². The summed E-state index contributed by atoms with van der Waals surface area (Å²) < 4.78 is 0. The molecule has 0 heterocycles. The first-order chi connectivity index (χ1) is 22.8. The monoisotopic (exact) mass is 580 g/mol. The fourth-order valence-corrected chi connectivity index (χ4v) is 7.93. The molecule has 10 rings (SSSR count). The van der Waals surface area contributed by atoms with E-state index in [4.69, 9.17) is 0 Å². The van der Waals surface area contributed by atoms with Crippen molar-refractivity contribution in [2.45, 2.75) is 0 Å². The fraction of sp³-hybridized carbons (Fsp3) is 0. The molecular formula is C46H28. The van der Waals surface area contributed by atoms with E-state index in [1.54, 1.807) is 0 Å². The summed E-state index contributed by atoms with van der Waals surface area (Å²) in [5.74, 6) is 0. The molecule has 46 heavy (non-hydrogen) atoms. The van der Waals surface area contributed by atoms with E-state index in [9.17, 15) is 0 Å². The number of rotatable bonds is 3. The van der Waals surface area contributed by atoms with Gasteiger partial charge in [-0.05, 0) is 116 Å². The number of benzene rings is 10. The van der Waals surface area contributed by atoms with E-state index in [1.807, 2.05) is 0 Å². The molecular weight excluding hydrogens is 553 g/mol. The minimum Gasteiger partial charge on any atom is -0.0622 e. The normalized spacial score (nSPS) is 11.9. The first-order valence-corrected chi connectivity index (χ1v) is 16.0. The molecule has 0 saturated heterocycles. The van der Waals surface area contributed by atoms with Crippen molar-refractivity contribution in [2.75, 3.05) is 0 Å². The van der Waals surface area contributed by atoms with Crippen molar-refractivity contribution in [2.24, 2.45) is 0 Å². The summed E-state index contributed by atoms with van der Waals surface area (Å²) >= 11 is 0. The maximum Gasteiger partial charge on any atom is -0.00206 e. The van der Waals surface area contributed by atoms with Crippen molar-refractivity contribution in [1.82, 2.24) is 0 Å². The third-order valence-corrected chi connectivity index (χ3v) is 9.94. The average Bonchev–Trinajstić information content (AvgIpc) is 3.12. The lowest BCUT2D eigenvalue weighted by atomic mass is 9.84. The first kappa shape index (κ1) is 25.4. The van der Waals surface area contributed by atoms with Gasteiger partial charge in [-0.15, -0.1) is 0 Å². The second-order valence-electron chi connectivity index (χ2n) is 12.5. The standard InChI is InChI=1S/C46H28/c1-2-11-30(12-3-1)44-38-14-6-8-16-40(38)45(41-17-9-7-15-39(41)44)36-27-34-21-19-31-22-24-37(42-25-23-35(28-36)43(34)46(31)42)33-20-18-29-10-4-5-13-32(29)26-33/h1-28H. The van der Waals surface area contributed by atoms with Crippen LogP contribution >= 0.6 is 0 Å². The third-order valence-electron chi connectivity index (χ3n) is 9.94. The van der Waals surface area contributed by atoms with Crippen molar-refractivity contribution < 1.29 is 0 Å². The minimum absolute atomic E-state index is 1.25. The molecule has 0 aliphatic rings. The van der Waals surface area contributed by atoms with Crippen molar-refractivity contribution >= 4 is 64.6 Å². The zero-order valence-electron chi connectivity index (χ0n) is 25.2. The van der Waals surface area contributed by atoms with Gasteiger partial charge in [0.15, 0.2) is 0 Å². The van der Waals surface area contributed by atoms with Gasteiger partial charge in [0.05, 0.1) is 0 Å². The van der Waals surface area contributed by atoms with E-state index < -0.39 is 0 Å². The largest absolute Gasteiger partial charge is 0.0622 e. The molecule has 0 aliphatic carbocycles. The summed E-state index contributed by atoms with van der Waals surface area (Å²) in [4.78, 5) is 0. The fourth-order valence-electron chi connectivity index (χ4n) is 7.93. The Balaban J connectivity index is 1.25. The van der Waals surface area contributed by atoms with Gasteiger partial charge in [-0.25, -0.2) is 0 Å². The molecule has 0 radical (unpaired) electrons. The molecule has 0 aliphatic heterocycles. The number of hydrogen-bond acceptors (Lipinski definition) is 0. The van der Waals surface area contributed by atoms with Gasteiger partial charge in [0.2, 0.25) is 0 Å². The van der Waals surface area contributed by atoms with E-state index in [0.29, 0.717) is 0 Å². The van der Waals surface area contributed by atoms with Gasteiger partial charge < -0.3 is 0 Å². The van der Waals surface area contributed by atoms with Crippen LogP contribution in [0.2, 0.25) is 0 Å². The SMILES string of the molecule is c1ccc(-c2c3ccccc3c(-c3cc4ccc5ccc(-c6ccc7ccccc7c6)c6ccc(c3)c4c56)c3ccccc23)cc1. The van der Waals surface area contributed by atoms with E-state index in [-0.39, 0.29) is 0 Å². The van der Waals surface area contributed by atoms with Crippen molar-refractivity contribution in [3.63, 3.8) is 0 Å². The van der Waals surface area contributed by atoms with E-state index in [1.165, 1.54) is 98.0 Å². The minimum atomic E-state index is 1.25. The van der Waals surface area contributed by atoms with Crippen LogP contribution in [0.4, 0.5) is 0 Å². The maximum atomic E-state index is 2.42. The Kier molecular flexibility index (Phi) is 5.38. The number of hydrogen-bond donors (Lipinski definition) is 0. The Hall–Kier alpha value is -5.98. The second-order valence-corrected chi connectivity index (χ2v) is 12.5. The maximum absolute atomic E-state index is 2.42. The molecule has 212 valence electrons. The summed E-state index contributed by atoms with van der Waals surface area (Å²) in [6, 6.07) is 62.8. The summed E-state index contributed by atoms with van der Waals surface area (Å²) in [5.41, 5.74) is 7.65. The Morgan fingerprint density at radius 1 is 0.239 bits per heavy atom. The Bertz CT molecular complexity index is 2710. The molecule has 0 fully saturated rings. The zero-order chi connectivity index (χ0) is 30.2. The van der Waals surface area contributed by atoms with Gasteiger partial charge in [0.1, 0.15) is 0 Å². The van der Waals surface area contributed by atoms with Gasteiger partial charge in [-0.2, -0.15) is 0 Å². The predicted molar refractivity (Wildman–Crippen MR) is 199 cm³/mol. The second kappa shape index (κ2) is 9.76. The molecule has 0 unspecified atom stereocenters. The van der Waals surface area contributed by atoms with Crippen LogP contribution in [-0.4, -0.2) is 0 Å². The third kappa shape index (κ3) is 3.68. The average molecular weight is 581 g/mol. The highest BCUT2D eigenvalue weighted by Crippen LogP contribution is 2.46. The molecule has 0 N–H and O–H groups in total. The highest BCUT2D eigenvalue weighted by Gasteiger charge is 2.19. The van der Waals surface area contributed by atoms with E-state index in [0.717, 1.165) is 0 Å². The van der Waals surface area contributed by atoms with Crippen LogP contribution in [0.15, 0.2) is 170 Å². The molecule has 0 saturated carbocycles. The summed E-state index contributed by atoms with van der Waals surface area (Å²) in [6.45, 7) is 0. The van der Waals surface area contributed by atoms with Crippen LogP contribution < -0.4 is 0 Å². The van der Waals surface area contributed by atoms with Crippen LogP contribution in [0.3, 0.4) is 0 Å². The zero-order valence-corrected chi connectivity index (χ0v) is 25.2. The first-order valence-electron chi connectivity index (χ1n) is 16.0. The van der Waals surface area contributed by atoms with E-state index in [2.05, 4.69) is 170 Å². The van der Waals surface area contributed by atoms with Crippen molar-refractivity contribution in [3.05, 3.63) is 170 Å². The van der Waals surface area contributed by atoms with Crippen LogP contribution in [0.25, 0.3) is 98.0 Å². The number of fused-ring (bicyclic) bond motifs is 3. The van der Waals surface area contributed by atoms with Crippen LogP contribution in [0.1, 0.15) is 0 Å². The Labute approximate surface area is 267 Å². The van der Waals surface area contributed by atoms with Gasteiger partial charge >= 0.3 is 0 Å². The lowest BCUT2D eigenvalue weighted by molar-refractivity contribution is 1.66. The molecule has 0 spiro atoms. The van der Waals surface area contributed by atoms with Gasteiger partial charge in [-0.3, -0.25) is 0 Å². The summed E-state index contributed by atoms with van der Waals surface area (Å²) in [6.07, 6.45) is 0. The molecule has 0 bridgehead atoms. The Morgan fingerprint density at radius 2 is 0.739 bits per heavy atom. The quantitative estimate of drug-likeness (QED) is 0.144. The highest BCUT2D eigenvalue weighted by molar-refractivity contribution is 6.28. The van der Waals surface area contributed by atoms with Gasteiger partial charge in [-0.1, -0.05) is 152 Å². The molecule has 10 aromatic carbocycles. The molecule has 0 nitrogen and oxygen atoms in total. The lowest BCUT2D eigenvalue weighted by Crippen LogP contribution is -1.92. The molecule has 0 aromatic heterocycles. The van der Waals surface area contributed by atoms with Gasteiger partial charge in [0.25, 0.3) is 0 Å². The smallest absolute Gasteiger partial charge is 0.00206 e. The van der Waals surface area contributed by atoms with Crippen LogP contribution in [-0.2, 0) is 0 Å². The highest BCUT2D eigenvalue weighted by atomic mass is 14.2. The Morgan fingerprint density at radius 3 is 1.43 bits per heavy atom.